The van der Waals surface area contributed by atoms with Gasteiger partial charge in [-0.1, -0.05) is 11.8 Å². The maximum absolute atomic E-state index is 9.46. The summed E-state index contributed by atoms with van der Waals surface area (Å²) < 4.78 is 0. The molecule has 0 aliphatic heterocycles. The first-order valence-corrected chi connectivity index (χ1v) is 3.38. The molecule has 0 amide bonds. The lowest BCUT2D eigenvalue weighted by Gasteiger charge is -1.67. The highest BCUT2D eigenvalue weighted by atomic mass is 32.4. The Morgan fingerprint density at radius 3 is 2.40 bits per heavy atom. The molecule has 0 atom stereocenters. The van der Waals surface area contributed by atoms with Crippen molar-refractivity contribution in [1.29, 1.82) is 0 Å². The minimum absolute atomic E-state index is 0.0228. The van der Waals surface area contributed by atoms with Crippen LogP contribution in [-0.4, -0.2) is 12.8 Å². The Kier molecular flexibility index (Phi) is 4.91. The van der Waals surface area contributed by atoms with Crippen molar-refractivity contribution in [2.45, 2.75) is 0 Å². The van der Waals surface area contributed by atoms with Crippen LogP contribution >= 0.6 is 7.36 Å². The average molecular weight is 107 g/mol. The third-order valence-electron chi connectivity index (χ3n) is 0.183. The zero-order valence-electron chi connectivity index (χ0n) is 2.68. The molecule has 0 aliphatic carbocycles. The SMILES string of the molecule is [O]CCP=S. The second kappa shape index (κ2) is 4.48. The largest absolute Gasteiger partial charge is 0.236 e. The van der Waals surface area contributed by atoms with Gasteiger partial charge in [0.1, 0.15) is 0 Å². The summed E-state index contributed by atoms with van der Waals surface area (Å²) in [6.07, 6.45) is 0.620. The van der Waals surface area contributed by atoms with Crippen LogP contribution in [0.3, 0.4) is 0 Å². The van der Waals surface area contributed by atoms with Crippen molar-refractivity contribution in [3.05, 3.63) is 0 Å². The number of hydrogen-bond acceptors (Lipinski definition) is 1. The van der Waals surface area contributed by atoms with Gasteiger partial charge in [0.25, 0.3) is 0 Å². The lowest BCUT2D eigenvalue weighted by Crippen LogP contribution is -1.73. The molecule has 0 aromatic carbocycles. The Morgan fingerprint density at radius 1 is 1.80 bits per heavy atom. The van der Waals surface area contributed by atoms with Crippen molar-refractivity contribution in [3.63, 3.8) is 0 Å². The third kappa shape index (κ3) is 4.48. The lowest BCUT2D eigenvalue weighted by atomic mass is 10.9. The second-order valence-corrected chi connectivity index (χ2v) is 2.04. The van der Waals surface area contributed by atoms with E-state index in [0.717, 1.165) is 7.36 Å². The fourth-order valence-electron chi connectivity index (χ4n) is 0.0373. The maximum atomic E-state index is 9.46. The van der Waals surface area contributed by atoms with Gasteiger partial charge in [0.05, 0.1) is 6.61 Å². The molecule has 0 spiro atoms. The summed E-state index contributed by atoms with van der Waals surface area (Å²) in [4.78, 5) is 0. The summed E-state index contributed by atoms with van der Waals surface area (Å²) in [6, 6.07) is 0. The van der Waals surface area contributed by atoms with Crippen LogP contribution < -0.4 is 0 Å². The monoisotopic (exact) mass is 107 g/mol. The zero-order valence-corrected chi connectivity index (χ0v) is 4.39. The Balaban J connectivity index is 2.40. The average Bonchev–Trinajstić information content (AvgIpc) is 1.41. The summed E-state index contributed by atoms with van der Waals surface area (Å²) in [6.45, 7) is -0.0228. The van der Waals surface area contributed by atoms with E-state index in [0.29, 0.717) is 6.16 Å². The van der Waals surface area contributed by atoms with Crippen LogP contribution in [0.5, 0.6) is 0 Å². The van der Waals surface area contributed by atoms with Gasteiger partial charge in [-0.15, -0.1) is 0 Å². The van der Waals surface area contributed by atoms with Crippen LogP contribution in [0.25, 0.3) is 0 Å². The van der Waals surface area contributed by atoms with Gasteiger partial charge >= 0.3 is 0 Å². The van der Waals surface area contributed by atoms with Crippen LogP contribution in [0, 0.1) is 0 Å². The van der Waals surface area contributed by atoms with Gasteiger partial charge < -0.3 is 0 Å². The molecule has 0 aromatic rings. The highest BCUT2D eigenvalue weighted by molar-refractivity contribution is 7.96. The van der Waals surface area contributed by atoms with E-state index in [-0.39, 0.29) is 6.61 Å². The smallest absolute Gasteiger partial charge is 0.0905 e. The van der Waals surface area contributed by atoms with E-state index < -0.39 is 0 Å². The van der Waals surface area contributed by atoms with E-state index >= 15 is 0 Å². The third-order valence-corrected chi connectivity index (χ3v) is 1.10. The Labute approximate surface area is 37.8 Å². The highest BCUT2D eigenvalue weighted by Crippen LogP contribution is 1.85. The molecule has 0 aromatic heterocycles. The van der Waals surface area contributed by atoms with E-state index in [9.17, 15) is 5.11 Å². The lowest BCUT2D eigenvalue weighted by molar-refractivity contribution is 0.215. The Hall–Kier alpha value is 0.480. The van der Waals surface area contributed by atoms with E-state index in [1.165, 1.54) is 0 Å². The topological polar surface area (TPSA) is 19.9 Å². The van der Waals surface area contributed by atoms with Crippen LogP contribution in [0.15, 0.2) is 0 Å². The van der Waals surface area contributed by atoms with E-state index in [1.54, 1.807) is 0 Å². The van der Waals surface area contributed by atoms with E-state index in [4.69, 9.17) is 0 Å². The fourth-order valence-corrected chi connectivity index (χ4v) is 0.335. The van der Waals surface area contributed by atoms with Crippen molar-refractivity contribution >= 4 is 19.2 Å². The Morgan fingerprint density at radius 2 is 2.40 bits per heavy atom. The molecule has 29 valence electrons. The first-order valence-electron chi connectivity index (χ1n) is 1.29. The molecule has 1 nitrogen and oxygen atoms in total. The predicted octanol–water partition coefficient (Wildman–Crippen LogP) is 0.825. The summed E-state index contributed by atoms with van der Waals surface area (Å²) in [5.74, 6) is 0. The summed E-state index contributed by atoms with van der Waals surface area (Å²) in [7, 11) is 0.801. The molecule has 0 unspecified atom stereocenters. The number of hydrogen-bond donors (Lipinski definition) is 0. The second-order valence-electron chi connectivity index (χ2n) is 0.557. The van der Waals surface area contributed by atoms with Crippen LogP contribution in [0.2, 0.25) is 0 Å². The van der Waals surface area contributed by atoms with Gasteiger partial charge in [-0.3, -0.25) is 0 Å². The highest BCUT2D eigenvalue weighted by Gasteiger charge is 1.68. The molecule has 5 heavy (non-hydrogen) atoms. The molecule has 3 heteroatoms. The van der Waals surface area contributed by atoms with E-state index in [1.807, 2.05) is 0 Å². The van der Waals surface area contributed by atoms with Gasteiger partial charge in [-0.05, 0) is 7.36 Å². The van der Waals surface area contributed by atoms with Crippen molar-refractivity contribution in [3.8, 4) is 0 Å². The van der Waals surface area contributed by atoms with Gasteiger partial charge in [-0.2, -0.15) is 0 Å². The van der Waals surface area contributed by atoms with Crippen molar-refractivity contribution in [1.82, 2.24) is 0 Å². The summed E-state index contributed by atoms with van der Waals surface area (Å²) in [5, 5.41) is 9.46. The van der Waals surface area contributed by atoms with Crippen molar-refractivity contribution in [2.75, 3.05) is 12.8 Å². The molecule has 0 fully saturated rings. The zero-order chi connectivity index (χ0) is 4.12. The van der Waals surface area contributed by atoms with Gasteiger partial charge in [-0.25, -0.2) is 5.11 Å². The molecule has 0 rings (SSSR count). The summed E-state index contributed by atoms with van der Waals surface area (Å²) >= 11 is 4.42. The maximum Gasteiger partial charge on any atom is 0.0905 e. The normalized spacial score (nSPS) is 9.00. The molecule has 1 radical (unpaired) electrons. The number of rotatable bonds is 2. The minimum Gasteiger partial charge on any atom is -0.236 e. The van der Waals surface area contributed by atoms with Crippen LogP contribution in [0.4, 0.5) is 0 Å². The first kappa shape index (κ1) is 5.48. The molecular weight excluding hydrogens is 103 g/mol. The molecule has 0 bridgehead atoms. The van der Waals surface area contributed by atoms with Gasteiger partial charge in [0.15, 0.2) is 0 Å². The van der Waals surface area contributed by atoms with Gasteiger partial charge in [0, 0.05) is 6.16 Å². The minimum atomic E-state index is -0.0228. The van der Waals surface area contributed by atoms with Crippen molar-refractivity contribution in [2.24, 2.45) is 0 Å². The molecule has 0 N–H and O–H groups in total. The Bertz CT molecular complexity index is 30.8. The molecule has 0 heterocycles. The van der Waals surface area contributed by atoms with E-state index in [2.05, 4.69) is 11.8 Å². The van der Waals surface area contributed by atoms with Crippen molar-refractivity contribution < 1.29 is 5.11 Å². The fraction of sp³-hybridized carbons (Fsp3) is 1.00. The molecule has 0 aliphatic rings. The predicted molar refractivity (Wildman–Crippen MR) is 24.7 cm³/mol. The van der Waals surface area contributed by atoms with Crippen LogP contribution in [-0.2, 0) is 16.9 Å². The van der Waals surface area contributed by atoms with Crippen LogP contribution in [0.1, 0.15) is 0 Å². The molecular formula is C2H4OPS. The summed E-state index contributed by atoms with van der Waals surface area (Å²) in [5.41, 5.74) is 0. The standard InChI is InChI=1S/C2H4OPS/c3-1-2-4-5/h1-2H2. The quantitative estimate of drug-likeness (QED) is 0.478. The van der Waals surface area contributed by atoms with Gasteiger partial charge in [0.2, 0.25) is 0 Å². The first-order chi connectivity index (χ1) is 2.41. The molecule has 0 saturated carbocycles. The molecule has 0 saturated heterocycles.